The summed E-state index contributed by atoms with van der Waals surface area (Å²) in [4.78, 5) is 29.8. The van der Waals surface area contributed by atoms with E-state index in [4.69, 9.17) is 9.47 Å². The van der Waals surface area contributed by atoms with Crippen LogP contribution in [0.5, 0.6) is 0 Å². The molecule has 0 aromatic carbocycles. The van der Waals surface area contributed by atoms with Crippen molar-refractivity contribution in [3.8, 4) is 0 Å². The number of nitrogens with zero attached hydrogens (tertiary/aromatic N) is 2. The number of hydrogen-bond acceptors (Lipinski definition) is 4. The minimum absolute atomic E-state index is 0.0221. The molecule has 4 unspecified atom stereocenters. The summed E-state index contributed by atoms with van der Waals surface area (Å²) < 4.78 is 11.5. The first-order valence-corrected chi connectivity index (χ1v) is 11.7. The van der Waals surface area contributed by atoms with Gasteiger partial charge in [0.15, 0.2) is 0 Å². The van der Waals surface area contributed by atoms with Crippen LogP contribution in [0.3, 0.4) is 0 Å². The van der Waals surface area contributed by atoms with E-state index in [1.165, 1.54) is 0 Å². The highest BCUT2D eigenvalue weighted by molar-refractivity contribution is 5.78. The lowest BCUT2D eigenvalue weighted by molar-refractivity contribution is -0.154. The fourth-order valence-electron chi connectivity index (χ4n) is 4.01. The lowest BCUT2D eigenvalue weighted by Crippen LogP contribution is -2.52. The molecule has 0 aromatic rings. The summed E-state index contributed by atoms with van der Waals surface area (Å²) in [5.41, 5.74) is 0. The number of rotatable bonds is 15. The van der Waals surface area contributed by atoms with Crippen molar-refractivity contribution >= 4 is 11.8 Å². The van der Waals surface area contributed by atoms with Gasteiger partial charge >= 0.3 is 0 Å². The summed E-state index contributed by atoms with van der Waals surface area (Å²) >= 11 is 0. The number of ether oxygens (including phenoxy) is 2. The quantitative estimate of drug-likeness (QED) is 0.359. The summed E-state index contributed by atoms with van der Waals surface area (Å²) in [6.07, 6.45) is 2.96. The molecule has 6 heteroatoms. The number of carbonyl (C=O) groups excluding carboxylic acids is 2. The van der Waals surface area contributed by atoms with E-state index in [1.807, 2.05) is 30.7 Å². The van der Waals surface area contributed by atoms with Crippen LogP contribution < -0.4 is 0 Å². The summed E-state index contributed by atoms with van der Waals surface area (Å²) in [6.45, 7) is 15.2. The Kier molecular flexibility index (Phi) is 14.2. The Hall–Kier alpha value is -1.14. The van der Waals surface area contributed by atoms with Gasteiger partial charge in [-0.3, -0.25) is 9.59 Å². The first kappa shape index (κ1) is 28.9. The first-order valence-electron chi connectivity index (χ1n) is 11.7. The molecule has 0 aliphatic rings. The Labute approximate surface area is 185 Å². The average Bonchev–Trinajstić information content (AvgIpc) is 2.68. The van der Waals surface area contributed by atoms with Crippen molar-refractivity contribution in [2.24, 2.45) is 17.8 Å². The van der Waals surface area contributed by atoms with E-state index >= 15 is 0 Å². The first-order chi connectivity index (χ1) is 14.0. The highest BCUT2D eigenvalue weighted by atomic mass is 16.5. The van der Waals surface area contributed by atoms with Gasteiger partial charge in [0.05, 0.1) is 18.6 Å². The fraction of sp³-hybridized carbons (Fsp3) is 0.917. The SMILES string of the molecule is CCCCN(C(=O)CC(OC)C(C(C)CC)N(C)C(=O)CC(C)C)C(OC)C(C)C. The smallest absolute Gasteiger partial charge is 0.227 e. The predicted octanol–water partition coefficient (Wildman–Crippen LogP) is 4.57. The molecule has 4 atom stereocenters. The van der Waals surface area contributed by atoms with Crippen molar-refractivity contribution in [2.75, 3.05) is 27.8 Å². The molecule has 0 N–H and O–H groups in total. The molecular formula is C24H48N2O4. The maximum atomic E-state index is 13.4. The molecule has 0 heterocycles. The second kappa shape index (κ2) is 14.8. The zero-order valence-corrected chi connectivity index (χ0v) is 21.2. The third-order valence-electron chi connectivity index (χ3n) is 5.90. The van der Waals surface area contributed by atoms with Crippen LogP contribution >= 0.6 is 0 Å². The number of carbonyl (C=O) groups is 2. The van der Waals surface area contributed by atoms with Gasteiger partial charge in [0.25, 0.3) is 0 Å². The molecule has 0 radical (unpaired) electrons. The summed E-state index contributed by atoms with van der Waals surface area (Å²) in [7, 11) is 5.14. The van der Waals surface area contributed by atoms with Gasteiger partial charge in [0, 0.05) is 34.2 Å². The number of methoxy groups -OCH3 is 2. The summed E-state index contributed by atoms with van der Waals surface area (Å²) in [5, 5.41) is 0. The summed E-state index contributed by atoms with van der Waals surface area (Å²) in [6, 6.07) is -0.150. The van der Waals surface area contributed by atoms with Crippen molar-refractivity contribution in [1.29, 1.82) is 0 Å². The van der Waals surface area contributed by atoms with Crippen molar-refractivity contribution < 1.29 is 19.1 Å². The average molecular weight is 429 g/mol. The Morgan fingerprint density at radius 3 is 1.90 bits per heavy atom. The molecular weight excluding hydrogens is 380 g/mol. The Morgan fingerprint density at radius 2 is 1.50 bits per heavy atom. The highest BCUT2D eigenvalue weighted by Gasteiger charge is 2.36. The summed E-state index contributed by atoms with van der Waals surface area (Å²) in [5.74, 6) is 0.824. The van der Waals surface area contributed by atoms with Gasteiger partial charge in [0.2, 0.25) is 11.8 Å². The van der Waals surface area contributed by atoms with Gasteiger partial charge in [-0.1, -0.05) is 61.3 Å². The largest absolute Gasteiger partial charge is 0.379 e. The highest BCUT2D eigenvalue weighted by Crippen LogP contribution is 2.24. The van der Waals surface area contributed by atoms with Gasteiger partial charge in [0.1, 0.15) is 6.23 Å². The molecule has 0 aliphatic heterocycles. The molecule has 0 fully saturated rings. The Morgan fingerprint density at radius 1 is 0.900 bits per heavy atom. The molecule has 0 aromatic heterocycles. The van der Waals surface area contributed by atoms with Crippen LogP contribution in [0.4, 0.5) is 0 Å². The number of amides is 2. The van der Waals surface area contributed by atoms with Crippen LogP contribution in [0.2, 0.25) is 0 Å². The van der Waals surface area contributed by atoms with Crippen LogP contribution in [-0.2, 0) is 19.1 Å². The molecule has 0 bridgehead atoms. The molecule has 178 valence electrons. The number of hydrogen-bond donors (Lipinski definition) is 0. The van der Waals surface area contributed by atoms with E-state index in [-0.39, 0.29) is 54.4 Å². The molecule has 6 nitrogen and oxygen atoms in total. The maximum Gasteiger partial charge on any atom is 0.227 e. The third-order valence-corrected chi connectivity index (χ3v) is 5.90. The van der Waals surface area contributed by atoms with E-state index in [0.717, 1.165) is 19.3 Å². The standard InChI is InChI=1S/C24H48N2O4/c1-11-13-14-26(24(30-10)18(5)6)22(28)16-20(29-9)23(19(7)12-2)25(8)21(27)15-17(3)4/h17-20,23-24H,11-16H2,1-10H3. The molecule has 0 saturated carbocycles. The third kappa shape index (κ3) is 8.93. The lowest BCUT2D eigenvalue weighted by Gasteiger charge is -2.39. The monoisotopic (exact) mass is 428 g/mol. The Bertz CT molecular complexity index is 496. The van der Waals surface area contributed by atoms with Gasteiger partial charge in [-0.05, 0) is 24.2 Å². The van der Waals surface area contributed by atoms with E-state index in [0.29, 0.717) is 13.0 Å². The predicted molar refractivity (Wildman–Crippen MR) is 123 cm³/mol. The number of likely N-dealkylation sites (N-methyl/N-ethyl adjacent to an activating group) is 1. The van der Waals surface area contributed by atoms with E-state index in [2.05, 4.69) is 34.6 Å². The minimum atomic E-state index is -0.359. The Balaban J connectivity index is 5.68. The van der Waals surface area contributed by atoms with Crippen LogP contribution in [0.15, 0.2) is 0 Å². The van der Waals surface area contributed by atoms with Crippen LogP contribution in [0.25, 0.3) is 0 Å². The lowest BCUT2D eigenvalue weighted by atomic mass is 9.90. The van der Waals surface area contributed by atoms with Crippen LogP contribution in [0, 0.1) is 17.8 Å². The van der Waals surface area contributed by atoms with Gasteiger partial charge < -0.3 is 19.3 Å². The van der Waals surface area contributed by atoms with Crippen LogP contribution in [-0.4, -0.2) is 67.8 Å². The number of unbranched alkanes of at least 4 members (excludes halogenated alkanes) is 1. The van der Waals surface area contributed by atoms with E-state index in [1.54, 1.807) is 14.2 Å². The van der Waals surface area contributed by atoms with Crippen molar-refractivity contribution in [3.05, 3.63) is 0 Å². The van der Waals surface area contributed by atoms with Gasteiger partial charge in [-0.25, -0.2) is 0 Å². The fourth-order valence-corrected chi connectivity index (χ4v) is 4.01. The zero-order chi connectivity index (χ0) is 23.4. The second-order valence-electron chi connectivity index (χ2n) is 9.27. The molecule has 0 rings (SSSR count). The topological polar surface area (TPSA) is 59.1 Å². The molecule has 0 spiro atoms. The van der Waals surface area contributed by atoms with Gasteiger partial charge in [-0.15, -0.1) is 0 Å². The van der Waals surface area contributed by atoms with Crippen molar-refractivity contribution in [3.63, 3.8) is 0 Å². The maximum absolute atomic E-state index is 13.4. The normalized spacial score (nSPS) is 15.7. The zero-order valence-electron chi connectivity index (χ0n) is 21.2. The second-order valence-corrected chi connectivity index (χ2v) is 9.27. The molecule has 0 aliphatic carbocycles. The van der Waals surface area contributed by atoms with Crippen molar-refractivity contribution in [1.82, 2.24) is 9.80 Å². The molecule has 2 amide bonds. The molecule has 0 saturated heterocycles. The minimum Gasteiger partial charge on any atom is -0.379 e. The molecule has 30 heavy (non-hydrogen) atoms. The van der Waals surface area contributed by atoms with Gasteiger partial charge in [-0.2, -0.15) is 0 Å². The van der Waals surface area contributed by atoms with E-state index in [9.17, 15) is 9.59 Å². The van der Waals surface area contributed by atoms with Crippen LogP contribution in [0.1, 0.15) is 80.6 Å². The van der Waals surface area contributed by atoms with E-state index < -0.39 is 0 Å². The van der Waals surface area contributed by atoms with Crippen molar-refractivity contribution in [2.45, 2.75) is 98.9 Å².